The number of benzene rings is 1. The zero-order chi connectivity index (χ0) is 21.5. The highest BCUT2D eigenvalue weighted by molar-refractivity contribution is 5.35. The van der Waals surface area contributed by atoms with Gasteiger partial charge in [0.25, 0.3) is 6.47 Å². The predicted molar refractivity (Wildman–Crippen MR) is 109 cm³/mol. The second-order valence-electron chi connectivity index (χ2n) is 6.83. The quantitative estimate of drug-likeness (QED) is 0.623. The molecular weight excluding hydrogens is 388 g/mol. The fraction of sp³-hybridized carbons (Fsp3) is 0.400. The Balaban J connectivity index is 0.000000806. The van der Waals surface area contributed by atoms with Crippen molar-refractivity contribution in [1.82, 2.24) is 29.4 Å². The van der Waals surface area contributed by atoms with Crippen LogP contribution >= 0.6 is 0 Å². The van der Waals surface area contributed by atoms with Gasteiger partial charge in [0.1, 0.15) is 11.9 Å². The Morgan fingerprint density at radius 3 is 2.73 bits per heavy atom. The Bertz CT molecular complexity index is 970. The molecule has 3 heterocycles. The highest BCUT2D eigenvalue weighted by Crippen LogP contribution is 2.25. The number of aromatic nitrogens is 5. The smallest absolute Gasteiger partial charge is 0.290 e. The fourth-order valence-corrected chi connectivity index (χ4v) is 3.35. The standard InChI is InChI=1S/C19H24N6O2.CH2O2/c1-23-10-11-27-16(13-23)19-21-17(12-14-6-4-5-7-15(14)26-3)22-25(19)18-8-9-20-24(18)2;2-1-3/h4-9,16H,10-13H2,1-3H3;1H,(H,2,3). The van der Waals surface area contributed by atoms with Crippen LogP contribution < -0.4 is 4.74 Å². The highest BCUT2D eigenvalue weighted by Gasteiger charge is 2.27. The van der Waals surface area contributed by atoms with Gasteiger partial charge < -0.3 is 19.5 Å². The molecule has 10 nitrogen and oxygen atoms in total. The Kier molecular flexibility index (Phi) is 7.15. The Hall–Kier alpha value is -3.24. The summed E-state index contributed by atoms with van der Waals surface area (Å²) in [6.45, 7) is 2.14. The van der Waals surface area contributed by atoms with Crippen molar-refractivity contribution in [1.29, 1.82) is 0 Å². The van der Waals surface area contributed by atoms with Gasteiger partial charge in [0, 0.05) is 38.2 Å². The SMILES string of the molecule is COc1ccccc1Cc1nc(C2CN(C)CCO2)n(-c2ccnn2C)n1.O=CO. The second kappa shape index (κ2) is 9.99. The first-order valence-corrected chi connectivity index (χ1v) is 9.51. The van der Waals surface area contributed by atoms with E-state index in [9.17, 15) is 0 Å². The third kappa shape index (κ3) is 4.84. The molecule has 3 aromatic rings. The summed E-state index contributed by atoms with van der Waals surface area (Å²) < 4.78 is 15.1. The molecule has 1 aliphatic rings. The van der Waals surface area contributed by atoms with E-state index >= 15 is 0 Å². The molecule has 0 saturated carbocycles. The monoisotopic (exact) mass is 414 g/mol. The van der Waals surface area contributed by atoms with E-state index in [0.717, 1.165) is 41.9 Å². The summed E-state index contributed by atoms with van der Waals surface area (Å²) in [6.07, 6.45) is 2.22. The van der Waals surface area contributed by atoms with Gasteiger partial charge in [-0.15, -0.1) is 5.10 Å². The summed E-state index contributed by atoms with van der Waals surface area (Å²) in [5.41, 5.74) is 1.05. The summed E-state index contributed by atoms with van der Waals surface area (Å²) in [7, 11) is 5.67. The second-order valence-corrected chi connectivity index (χ2v) is 6.83. The van der Waals surface area contributed by atoms with Crippen molar-refractivity contribution < 1.29 is 19.4 Å². The van der Waals surface area contributed by atoms with Gasteiger partial charge in [-0.1, -0.05) is 18.2 Å². The van der Waals surface area contributed by atoms with Crippen LogP contribution in [0.3, 0.4) is 0 Å². The number of methoxy groups -OCH3 is 1. The Labute approximate surface area is 174 Å². The van der Waals surface area contributed by atoms with Gasteiger partial charge in [0.05, 0.1) is 19.9 Å². The van der Waals surface area contributed by atoms with E-state index in [4.69, 9.17) is 29.5 Å². The molecule has 0 bridgehead atoms. The largest absolute Gasteiger partial charge is 0.496 e. The molecule has 0 aliphatic carbocycles. The fourth-order valence-electron chi connectivity index (χ4n) is 3.35. The van der Waals surface area contributed by atoms with E-state index < -0.39 is 0 Å². The number of carbonyl (C=O) groups is 1. The number of likely N-dealkylation sites (N-methyl/N-ethyl adjacent to an activating group) is 1. The van der Waals surface area contributed by atoms with E-state index in [1.165, 1.54) is 0 Å². The van der Waals surface area contributed by atoms with Crippen molar-refractivity contribution in [2.75, 3.05) is 33.9 Å². The molecule has 0 spiro atoms. The van der Waals surface area contributed by atoms with Crippen molar-refractivity contribution in [3.63, 3.8) is 0 Å². The zero-order valence-corrected chi connectivity index (χ0v) is 17.3. The van der Waals surface area contributed by atoms with Crippen LogP contribution in [0.25, 0.3) is 5.82 Å². The molecule has 2 aromatic heterocycles. The number of rotatable bonds is 5. The first-order chi connectivity index (χ1) is 14.6. The van der Waals surface area contributed by atoms with Crippen LogP contribution in [0.4, 0.5) is 0 Å². The lowest BCUT2D eigenvalue weighted by molar-refractivity contribution is -0.122. The van der Waals surface area contributed by atoms with Gasteiger partial charge in [-0.3, -0.25) is 9.48 Å². The van der Waals surface area contributed by atoms with E-state index in [2.05, 4.69) is 17.0 Å². The lowest BCUT2D eigenvalue weighted by Crippen LogP contribution is -2.36. The molecule has 4 rings (SSSR count). The summed E-state index contributed by atoms with van der Waals surface area (Å²) in [4.78, 5) is 15.4. The van der Waals surface area contributed by atoms with Crippen molar-refractivity contribution in [2.24, 2.45) is 7.05 Å². The average Bonchev–Trinajstić information content (AvgIpc) is 3.35. The summed E-state index contributed by atoms with van der Waals surface area (Å²) >= 11 is 0. The molecule has 0 amide bonds. The van der Waals surface area contributed by atoms with Gasteiger partial charge in [-0.2, -0.15) is 9.78 Å². The van der Waals surface area contributed by atoms with Crippen molar-refractivity contribution in [3.05, 3.63) is 53.7 Å². The molecule has 1 aromatic carbocycles. The van der Waals surface area contributed by atoms with Gasteiger partial charge in [-0.05, 0) is 13.1 Å². The lowest BCUT2D eigenvalue weighted by Gasteiger charge is -2.29. The van der Waals surface area contributed by atoms with E-state index in [0.29, 0.717) is 13.0 Å². The first-order valence-electron chi connectivity index (χ1n) is 9.51. The van der Waals surface area contributed by atoms with E-state index in [1.807, 2.05) is 42.1 Å². The molecule has 1 aliphatic heterocycles. The maximum atomic E-state index is 8.36. The van der Waals surface area contributed by atoms with Crippen LogP contribution in [-0.4, -0.2) is 74.9 Å². The Morgan fingerprint density at radius 1 is 1.30 bits per heavy atom. The zero-order valence-electron chi connectivity index (χ0n) is 17.3. The van der Waals surface area contributed by atoms with Crippen LogP contribution in [-0.2, 0) is 23.0 Å². The van der Waals surface area contributed by atoms with Crippen LogP contribution in [0.15, 0.2) is 36.5 Å². The van der Waals surface area contributed by atoms with E-state index in [-0.39, 0.29) is 12.6 Å². The normalized spacial score (nSPS) is 16.6. The molecule has 30 heavy (non-hydrogen) atoms. The van der Waals surface area contributed by atoms with Crippen molar-refractivity contribution in [2.45, 2.75) is 12.5 Å². The first kappa shape index (κ1) is 21.5. The molecule has 1 atom stereocenters. The minimum atomic E-state index is -0.250. The number of hydrogen-bond donors (Lipinski definition) is 1. The van der Waals surface area contributed by atoms with Crippen LogP contribution in [0.5, 0.6) is 5.75 Å². The molecular formula is C20H26N6O4. The van der Waals surface area contributed by atoms with E-state index in [1.54, 1.807) is 18.0 Å². The number of para-hydroxylation sites is 1. The third-order valence-corrected chi connectivity index (χ3v) is 4.79. The van der Waals surface area contributed by atoms with Gasteiger partial charge in [-0.25, -0.2) is 4.98 Å². The summed E-state index contributed by atoms with van der Waals surface area (Å²) in [5.74, 6) is 3.23. The summed E-state index contributed by atoms with van der Waals surface area (Å²) in [5, 5.41) is 15.9. The maximum Gasteiger partial charge on any atom is 0.290 e. The maximum absolute atomic E-state index is 8.36. The number of ether oxygens (including phenoxy) is 2. The Morgan fingerprint density at radius 2 is 2.07 bits per heavy atom. The van der Waals surface area contributed by atoms with Crippen molar-refractivity contribution >= 4 is 6.47 Å². The van der Waals surface area contributed by atoms with Gasteiger partial charge in [0.2, 0.25) is 0 Å². The third-order valence-electron chi connectivity index (χ3n) is 4.79. The molecule has 160 valence electrons. The predicted octanol–water partition coefficient (Wildman–Crippen LogP) is 1.30. The number of morpholine rings is 1. The summed E-state index contributed by atoms with van der Waals surface area (Å²) in [6, 6.07) is 9.87. The van der Waals surface area contributed by atoms with Gasteiger partial charge >= 0.3 is 0 Å². The molecule has 0 radical (unpaired) electrons. The molecule has 10 heteroatoms. The minimum Gasteiger partial charge on any atom is -0.496 e. The highest BCUT2D eigenvalue weighted by atomic mass is 16.5. The van der Waals surface area contributed by atoms with Crippen LogP contribution in [0.2, 0.25) is 0 Å². The molecule has 1 N–H and O–H groups in total. The minimum absolute atomic E-state index is 0.127. The van der Waals surface area contributed by atoms with Crippen molar-refractivity contribution in [3.8, 4) is 11.6 Å². The number of hydrogen-bond acceptors (Lipinski definition) is 7. The van der Waals surface area contributed by atoms with Gasteiger partial charge in [0.15, 0.2) is 17.5 Å². The molecule has 1 unspecified atom stereocenters. The topological polar surface area (TPSA) is 108 Å². The number of carboxylic acid groups (broad SMARTS) is 1. The molecule has 1 fully saturated rings. The number of nitrogens with zero attached hydrogens (tertiary/aromatic N) is 6. The lowest BCUT2D eigenvalue weighted by atomic mass is 10.1. The average molecular weight is 414 g/mol. The molecule has 1 saturated heterocycles. The number of aryl methyl sites for hydroxylation is 1. The van der Waals surface area contributed by atoms with Crippen LogP contribution in [0.1, 0.15) is 23.3 Å². The van der Waals surface area contributed by atoms with Crippen LogP contribution in [0, 0.1) is 0 Å².